The molecular weight excluding hydrogens is 164 g/mol. The minimum Gasteiger partial charge on any atom is -0.319 e. The van der Waals surface area contributed by atoms with Crippen LogP contribution in [0.5, 0.6) is 0 Å². The Hall–Kier alpha value is -1.10. The third-order valence-electron chi connectivity index (χ3n) is 1.41. The van der Waals surface area contributed by atoms with Gasteiger partial charge in [-0.3, -0.25) is 9.59 Å². The molecule has 0 bridgehead atoms. The van der Waals surface area contributed by atoms with Crippen LogP contribution in [0.4, 0.5) is 0 Å². The highest BCUT2D eigenvalue weighted by Gasteiger charge is 2.27. The number of Topliss-reactive ketones (excluding diaryl/α,β-unsaturated/α-hetero) is 1. The van der Waals surface area contributed by atoms with Gasteiger partial charge in [-0.1, -0.05) is 11.8 Å². The largest absolute Gasteiger partial charge is 0.319 e. The van der Waals surface area contributed by atoms with Crippen molar-refractivity contribution in [2.45, 2.75) is 0 Å². The maximum absolute atomic E-state index is 10.8. The molecule has 2 heterocycles. The zero-order valence-electron chi connectivity index (χ0n) is 5.48. The summed E-state index contributed by atoms with van der Waals surface area (Å²) >= 11 is 1.35. The van der Waals surface area contributed by atoms with Crippen molar-refractivity contribution in [3.8, 4) is 0 Å². The van der Waals surface area contributed by atoms with E-state index in [-0.39, 0.29) is 6.54 Å². The Morgan fingerprint density at radius 3 is 3.18 bits per heavy atom. The summed E-state index contributed by atoms with van der Waals surface area (Å²) in [5.41, 5.74) is 0. The zero-order valence-corrected chi connectivity index (χ0v) is 6.30. The molecule has 5 heteroatoms. The first kappa shape index (κ1) is 6.60. The summed E-state index contributed by atoms with van der Waals surface area (Å²) in [5, 5.41) is 2.40. The van der Waals surface area contributed by atoms with E-state index in [1.807, 2.05) is 0 Å². The summed E-state index contributed by atoms with van der Waals surface area (Å²) in [4.78, 5) is 26.8. The second-order valence-electron chi connectivity index (χ2n) is 2.15. The van der Waals surface area contributed by atoms with E-state index in [0.29, 0.717) is 5.17 Å². The first-order valence-corrected chi connectivity index (χ1v) is 3.91. The molecule has 0 aromatic rings. The third kappa shape index (κ3) is 0.970. The average molecular weight is 168 g/mol. The van der Waals surface area contributed by atoms with E-state index in [2.05, 4.69) is 4.99 Å². The smallest absolute Gasteiger partial charge is 0.317 e. The molecule has 2 rings (SSSR count). The number of nitrogens with zero attached hydrogens (tertiary/aromatic N) is 2. The predicted octanol–water partition coefficient (Wildman–Crippen LogP) is -0.0283. The summed E-state index contributed by atoms with van der Waals surface area (Å²) in [6, 6.07) is 0. The molecule has 0 fully saturated rings. The first-order chi connectivity index (χ1) is 5.27. The lowest BCUT2D eigenvalue weighted by atomic mass is 10.3. The van der Waals surface area contributed by atoms with E-state index in [4.69, 9.17) is 0 Å². The Kier molecular flexibility index (Phi) is 1.32. The predicted molar refractivity (Wildman–Crippen MR) is 40.9 cm³/mol. The number of fused-ring (bicyclic) bond motifs is 1. The number of thioether (sulfide) groups is 1. The number of rotatable bonds is 0. The number of hydrogen-bond acceptors (Lipinski definition) is 4. The van der Waals surface area contributed by atoms with Gasteiger partial charge in [0.25, 0.3) is 0 Å². The highest BCUT2D eigenvalue weighted by Crippen LogP contribution is 2.21. The molecule has 0 saturated carbocycles. The Bertz CT molecular complexity index is 295. The van der Waals surface area contributed by atoms with E-state index in [9.17, 15) is 9.59 Å². The number of hydrogen-bond donors (Lipinski definition) is 0. The minimum absolute atomic E-state index is 0.140. The Morgan fingerprint density at radius 1 is 1.55 bits per heavy atom. The molecule has 0 radical (unpaired) electrons. The second-order valence-corrected chi connectivity index (χ2v) is 3.03. The second kappa shape index (κ2) is 2.20. The lowest BCUT2D eigenvalue weighted by Crippen LogP contribution is -2.36. The monoisotopic (exact) mass is 168 g/mol. The van der Waals surface area contributed by atoms with Crippen LogP contribution in [-0.4, -0.2) is 28.3 Å². The van der Waals surface area contributed by atoms with Crippen LogP contribution in [0.15, 0.2) is 16.6 Å². The summed E-state index contributed by atoms with van der Waals surface area (Å²) < 4.78 is 0. The molecule has 0 spiro atoms. The van der Waals surface area contributed by atoms with E-state index >= 15 is 0 Å². The number of amidine groups is 1. The zero-order chi connectivity index (χ0) is 7.84. The lowest BCUT2D eigenvalue weighted by molar-refractivity contribution is -0.136. The fourth-order valence-corrected chi connectivity index (χ4v) is 1.60. The molecule has 1 amide bonds. The average Bonchev–Trinajstić information content (AvgIpc) is 2.36. The van der Waals surface area contributed by atoms with Gasteiger partial charge in [0.05, 0.1) is 6.54 Å². The Labute approximate surface area is 67.0 Å². The molecule has 0 atom stereocenters. The van der Waals surface area contributed by atoms with Crippen molar-refractivity contribution >= 4 is 28.6 Å². The van der Waals surface area contributed by atoms with Gasteiger partial charge in [0, 0.05) is 6.20 Å². The Balaban J connectivity index is 2.36. The molecule has 4 nitrogen and oxygen atoms in total. The van der Waals surface area contributed by atoms with Crippen LogP contribution in [0.1, 0.15) is 0 Å². The highest BCUT2D eigenvalue weighted by molar-refractivity contribution is 8.16. The van der Waals surface area contributed by atoms with Crippen molar-refractivity contribution in [2.75, 3.05) is 6.54 Å². The molecule has 0 N–H and O–H groups in total. The van der Waals surface area contributed by atoms with Crippen LogP contribution in [0, 0.1) is 0 Å². The van der Waals surface area contributed by atoms with Crippen LogP contribution in [0.25, 0.3) is 0 Å². The maximum Gasteiger partial charge on any atom is 0.317 e. The molecule has 0 saturated heterocycles. The number of carbonyl (C=O) groups excluding carboxylic acids is 2. The maximum atomic E-state index is 10.8. The van der Waals surface area contributed by atoms with Crippen LogP contribution >= 0.6 is 11.8 Å². The summed E-state index contributed by atoms with van der Waals surface area (Å²) in [7, 11) is 0. The molecule has 2 aliphatic heterocycles. The van der Waals surface area contributed by atoms with Gasteiger partial charge < -0.3 is 4.90 Å². The van der Waals surface area contributed by atoms with Crippen molar-refractivity contribution in [3.05, 3.63) is 11.6 Å². The van der Waals surface area contributed by atoms with Gasteiger partial charge in [-0.2, -0.15) is 4.99 Å². The van der Waals surface area contributed by atoms with Gasteiger partial charge in [0.15, 0.2) is 5.17 Å². The SMILES string of the molecule is O=C1CN2C=CSC2=NC1=O. The van der Waals surface area contributed by atoms with Gasteiger partial charge in [-0.05, 0) is 5.41 Å². The summed E-state index contributed by atoms with van der Waals surface area (Å²) in [5.74, 6) is -1.08. The van der Waals surface area contributed by atoms with Gasteiger partial charge >= 0.3 is 5.91 Å². The van der Waals surface area contributed by atoms with Gasteiger partial charge in [0.2, 0.25) is 5.78 Å². The standard InChI is InChI=1S/C6H4N2O2S/c9-4-3-8-1-2-11-6(8)7-5(4)10/h1-2H,3H2. The van der Waals surface area contributed by atoms with Crippen LogP contribution in [-0.2, 0) is 9.59 Å². The van der Waals surface area contributed by atoms with E-state index in [0.717, 1.165) is 0 Å². The Morgan fingerprint density at radius 2 is 2.36 bits per heavy atom. The fourth-order valence-electron chi connectivity index (χ4n) is 0.879. The molecule has 11 heavy (non-hydrogen) atoms. The quantitative estimate of drug-likeness (QED) is 0.477. The number of ketones is 1. The summed E-state index contributed by atoms with van der Waals surface area (Å²) in [6.45, 7) is 0.140. The van der Waals surface area contributed by atoms with Crippen LogP contribution in [0.2, 0.25) is 0 Å². The normalized spacial score (nSPS) is 22.2. The molecule has 2 aliphatic rings. The van der Waals surface area contributed by atoms with Crippen molar-refractivity contribution in [3.63, 3.8) is 0 Å². The molecule has 0 unspecified atom stereocenters. The summed E-state index contributed by atoms with van der Waals surface area (Å²) in [6.07, 6.45) is 1.74. The van der Waals surface area contributed by atoms with Gasteiger partial charge in [0.1, 0.15) is 0 Å². The van der Waals surface area contributed by atoms with Crippen LogP contribution in [0.3, 0.4) is 0 Å². The first-order valence-electron chi connectivity index (χ1n) is 3.03. The highest BCUT2D eigenvalue weighted by atomic mass is 32.2. The van der Waals surface area contributed by atoms with E-state index in [1.54, 1.807) is 16.5 Å². The van der Waals surface area contributed by atoms with Crippen molar-refractivity contribution in [1.82, 2.24) is 4.90 Å². The van der Waals surface area contributed by atoms with Crippen LogP contribution < -0.4 is 0 Å². The number of aliphatic imine (C=N–C) groups is 1. The molecule has 0 aromatic heterocycles. The lowest BCUT2D eigenvalue weighted by Gasteiger charge is -2.17. The van der Waals surface area contributed by atoms with E-state index in [1.165, 1.54) is 11.8 Å². The number of carbonyl (C=O) groups is 2. The fraction of sp³-hybridized carbons (Fsp3) is 0.167. The topological polar surface area (TPSA) is 49.7 Å². The van der Waals surface area contributed by atoms with Crippen molar-refractivity contribution in [2.24, 2.45) is 4.99 Å². The molecule has 0 aromatic carbocycles. The molecule has 56 valence electrons. The van der Waals surface area contributed by atoms with Crippen molar-refractivity contribution in [1.29, 1.82) is 0 Å². The van der Waals surface area contributed by atoms with Gasteiger partial charge in [-0.15, -0.1) is 0 Å². The third-order valence-corrected chi connectivity index (χ3v) is 2.20. The number of amides is 1. The van der Waals surface area contributed by atoms with Gasteiger partial charge in [-0.25, -0.2) is 0 Å². The molecule has 0 aliphatic carbocycles. The van der Waals surface area contributed by atoms with E-state index < -0.39 is 11.7 Å². The minimum atomic E-state index is -0.632. The molecular formula is C6H4N2O2S. The van der Waals surface area contributed by atoms with Crippen molar-refractivity contribution < 1.29 is 9.59 Å².